The van der Waals surface area contributed by atoms with Crippen LogP contribution in [0, 0.1) is 0 Å². The van der Waals surface area contributed by atoms with Gasteiger partial charge in [0, 0.05) is 25.0 Å². The number of carbonyl (C=O) groups excluding carboxylic acids is 2. The Morgan fingerprint density at radius 1 is 1.00 bits per heavy atom. The van der Waals surface area contributed by atoms with E-state index in [1.165, 1.54) is 30.9 Å². The third-order valence-corrected chi connectivity index (χ3v) is 8.02. The predicted molar refractivity (Wildman–Crippen MR) is 127 cm³/mol. The zero-order valence-electron chi connectivity index (χ0n) is 18.4. The van der Waals surface area contributed by atoms with Crippen molar-refractivity contribution in [2.45, 2.75) is 35.5 Å². The quantitative estimate of drug-likeness (QED) is 0.618. The first-order valence-electron chi connectivity index (χ1n) is 10.6. The predicted octanol–water partition coefficient (Wildman–Crippen LogP) is 3.68. The van der Waals surface area contributed by atoms with E-state index in [0.29, 0.717) is 24.3 Å². The second-order valence-corrected chi connectivity index (χ2v) is 10.7. The molecule has 1 fully saturated rings. The van der Waals surface area contributed by atoms with Gasteiger partial charge < -0.3 is 10.2 Å². The summed E-state index contributed by atoms with van der Waals surface area (Å²) in [6.45, 7) is 1.05. The first kappa shape index (κ1) is 24.3. The lowest BCUT2D eigenvalue weighted by atomic mass is 10.1. The molecule has 1 aliphatic rings. The van der Waals surface area contributed by atoms with Crippen molar-refractivity contribution in [1.82, 2.24) is 9.21 Å². The highest BCUT2D eigenvalue weighted by molar-refractivity contribution is 7.98. The smallest absolute Gasteiger partial charge is 0.255 e. The SMILES string of the molecule is CSc1ccc(S(=O)(=O)N(C)CC(=O)Nc2ccccc2C(=O)N2CCCCCC2)cc1. The minimum atomic E-state index is -3.81. The molecule has 1 aliphatic heterocycles. The number of carbonyl (C=O) groups is 2. The second-order valence-electron chi connectivity index (χ2n) is 7.74. The Labute approximate surface area is 194 Å². The topological polar surface area (TPSA) is 86.8 Å². The molecule has 0 unspecified atom stereocenters. The van der Waals surface area contributed by atoms with E-state index < -0.39 is 15.9 Å². The van der Waals surface area contributed by atoms with Crippen LogP contribution in [-0.2, 0) is 14.8 Å². The molecule has 1 heterocycles. The lowest BCUT2D eigenvalue weighted by Crippen LogP contribution is -2.36. The fourth-order valence-electron chi connectivity index (χ4n) is 3.63. The van der Waals surface area contributed by atoms with Crippen LogP contribution < -0.4 is 5.32 Å². The number of rotatable bonds is 7. The third-order valence-electron chi connectivity index (χ3n) is 5.46. The van der Waals surface area contributed by atoms with Gasteiger partial charge in [-0.05, 0) is 55.5 Å². The zero-order chi connectivity index (χ0) is 23.1. The van der Waals surface area contributed by atoms with Crippen LogP contribution in [0.5, 0.6) is 0 Å². The number of likely N-dealkylation sites (N-methyl/N-ethyl adjacent to an activating group) is 1. The van der Waals surface area contributed by atoms with E-state index in [2.05, 4.69) is 5.32 Å². The maximum absolute atomic E-state index is 13.0. The Kier molecular flexibility index (Phi) is 8.33. The summed E-state index contributed by atoms with van der Waals surface area (Å²) in [5.74, 6) is -0.620. The normalized spacial score (nSPS) is 14.8. The minimum absolute atomic E-state index is 0.113. The van der Waals surface area contributed by atoms with E-state index in [1.807, 2.05) is 11.2 Å². The molecule has 32 heavy (non-hydrogen) atoms. The maximum Gasteiger partial charge on any atom is 0.255 e. The largest absolute Gasteiger partial charge is 0.339 e. The van der Waals surface area contributed by atoms with Crippen molar-refractivity contribution in [3.8, 4) is 0 Å². The summed E-state index contributed by atoms with van der Waals surface area (Å²) in [6.07, 6.45) is 6.09. The van der Waals surface area contributed by atoms with E-state index in [-0.39, 0.29) is 17.3 Å². The van der Waals surface area contributed by atoms with Crippen LogP contribution in [0.4, 0.5) is 5.69 Å². The van der Waals surface area contributed by atoms with E-state index in [1.54, 1.807) is 36.4 Å². The van der Waals surface area contributed by atoms with Crippen molar-refractivity contribution >= 4 is 39.3 Å². The molecule has 2 amide bonds. The number of benzene rings is 2. The number of amides is 2. The summed E-state index contributed by atoms with van der Waals surface area (Å²) >= 11 is 1.52. The molecule has 0 saturated carbocycles. The van der Waals surface area contributed by atoms with E-state index in [0.717, 1.165) is 34.9 Å². The van der Waals surface area contributed by atoms with Gasteiger partial charge in [-0.2, -0.15) is 4.31 Å². The van der Waals surface area contributed by atoms with Crippen molar-refractivity contribution < 1.29 is 18.0 Å². The van der Waals surface area contributed by atoms with E-state index >= 15 is 0 Å². The van der Waals surface area contributed by atoms with Crippen LogP contribution in [0.2, 0.25) is 0 Å². The van der Waals surface area contributed by atoms with Crippen molar-refractivity contribution in [1.29, 1.82) is 0 Å². The summed E-state index contributed by atoms with van der Waals surface area (Å²) in [6, 6.07) is 13.4. The minimum Gasteiger partial charge on any atom is -0.339 e. The molecular weight excluding hydrogens is 446 g/mol. The molecule has 0 bridgehead atoms. The first-order chi connectivity index (χ1) is 15.3. The highest BCUT2D eigenvalue weighted by Gasteiger charge is 2.24. The Morgan fingerprint density at radius 2 is 1.62 bits per heavy atom. The summed E-state index contributed by atoms with van der Waals surface area (Å²) in [5, 5.41) is 2.72. The van der Waals surface area contributed by atoms with Crippen molar-refractivity contribution in [3.63, 3.8) is 0 Å². The average molecular weight is 476 g/mol. The summed E-state index contributed by atoms with van der Waals surface area (Å²) in [7, 11) is -2.44. The molecular formula is C23H29N3O4S2. The number of sulfonamides is 1. The van der Waals surface area contributed by atoms with Crippen LogP contribution in [0.1, 0.15) is 36.0 Å². The number of para-hydroxylation sites is 1. The molecule has 0 aliphatic carbocycles. The average Bonchev–Trinajstić information content (AvgIpc) is 3.08. The molecule has 1 saturated heterocycles. The Hall–Kier alpha value is -2.36. The second kappa shape index (κ2) is 11.0. The molecule has 1 N–H and O–H groups in total. The third kappa shape index (κ3) is 5.90. The number of hydrogen-bond acceptors (Lipinski definition) is 5. The van der Waals surface area contributed by atoms with E-state index in [4.69, 9.17) is 0 Å². The van der Waals surface area contributed by atoms with Crippen molar-refractivity contribution in [2.75, 3.05) is 38.3 Å². The van der Waals surface area contributed by atoms with Crippen LogP contribution in [0.15, 0.2) is 58.3 Å². The van der Waals surface area contributed by atoms with Gasteiger partial charge in [0.25, 0.3) is 5.91 Å². The number of thioether (sulfide) groups is 1. The summed E-state index contributed by atoms with van der Waals surface area (Å²) in [4.78, 5) is 28.6. The summed E-state index contributed by atoms with van der Waals surface area (Å²) < 4.78 is 26.6. The van der Waals surface area contributed by atoms with Gasteiger partial charge in [0.05, 0.1) is 22.7 Å². The molecule has 9 heteroatoms. The molecule has 0 radical (unpaired) electrons. The highest BCUT2D eigenvalue weighted by atomic mass is 32.2. The highest BCUT2D eigenvalue weighted by Crippen LogP contribution is 2.22. The van der Waals surface area contributed by atoms with Crippen molar-refractivity contribution in [3.05, 3.63) is 54.1 Å². The van der Waals surface area contributed by atoms with Crippen LogP contribution in [0.25, 0.3) is 0 Å². The number of likely N-dealkylation sites (tertiary alicyclic amines) is 1. The molecule has 3 rings (SSSR count). The molecule has 7 nitrogen and oxygen atoms in total. The lowest BCUT2D eigenvalue weighted by molar-refractivity contribution is -0.116. The van der Waals surface area contributed by atoms with E-state index in [9.17, 15) is 18.0 Å². The van der Waals surface area contributed by atoms with Gasteiger partial charge in [-0.25, -0.2) is 8.42 Å². The molecule has 2 aromatic carbocycles. The van der Waals surface area contributed by atoms with Gasteiger partial charge in [0.1, 0.15) is 0 Å². The Morgan fingerprint density at radius 3 is 2.25 bits per heavy atom. The fraction of sp³-hybridized carbons (Fsp3) is 0.391. The number of nitrogens with one attached hydrogen (secondary N) is 1. The summed E-state index contributed by atoms with van der Waals surface area (Å²) in [5.41, 5.74) is 0.808. The van der Waals surface area contributed by atoms with Gasteiger partial charge in [-0.3, -0.25) is 9.59 Å². The van der Waals surface area contributed by atoms with Gasteiger partial charge in [-0.15, -0.1) is 11.8 Å². The lowest BCUT2D eigenvalue weighted by Gasteiger charge is -2.22. The van der Waals surface area contributed by atoms with Crippen molar-refractivity contribution in [2.24, 2.45) is 0 Å². The van der Waals surface area contributed by atoms with Crippen LogP contribution in [-0.4, -0.2) is 62.4 Å². The standard InChI is InChI=1S/C23H29N3O4S2/c1-25(32(29,30)19-13-11-18(31-2)12-14-19)17-22(27)24-21-10-6-5-9-20(21)23(28)26-15-7-3-4-8-16-26/h5-6,9-14H,3-4,7-8,15-17H2,1-2H3,(H,24,27). The number of hydrogen-bond donors (Lipinski definition) is 1. The fourth-order valence-corrected chi connectivity index (χ4v) is 5.16. The number of anilines is 1. The van der Waals surface area contributed by atoms with Crippen LogP contribution >= 0.6 is 11.8 Å². The molecule has 0 spiro atoms. The molecule has 2 aromatic rings. The van der Waals surface area contributed by atoms with Crippen LogP contribution in [0.3, 0.4) is 0 Å². The molecule has 0 atom stereocenters. The molecule has 0 aromatic heterocycles. The van der Waals surface area contributed by atoms with Gasteiger partial charge in [-0.1, -0.05) is 25.0 Å². The Bertz CT molecular complexity index is 1050. The van der Waals surface area contributed by atoms with Gasteiger partial charge in [0.15, 0.2) is 0 Å². The number of nitrogens with zero attached hydrogens (tertiary/aromatic N) is 2. The zero-order valence-corrected chi connectivity index (χ0v) is 20.0. The van der Waals surface area contributed by atoms with Gasteiger partial charge in [0.2, 0.25) is 15.9 Å². The monoisotopic (exact) mass is 475 g/mol. The maximum atomic E-state index is 13.0. The first-order valence-corrected chi connectivity index (χ1v) is 13.3. The Balaban J connectivity index is 1.70. The molecule has 172 valence electrons. The van der Waals surface area contributed by atoms with Gasteiger partial charge >= 0.3 is 0 Å².